The summed E-state index contributed by atoms with van der Waals surface area (Å²) < 4.78 is 0. The maximum Gasteiger partial charge on any atom is 0.318 e. The number of hydrogen-bond acceptors (Lipinski definition) is 5. The predicted octanol–water partition coefficient (Wildman–Crippen LogP) is 1.15. The minimum Gasteiger partial charge on any atom is -0.379 e. The highest BCUT2D eigenvalue weighted by molar-refractivity contribution is 5.77. The number of aromatic nitrogens is 2. The van der Waals surface area contributed by atoms with Crippen LogP contribution in [0.1, 0.15) is 44.9 Å². The Kier molecular flexibility index (Phi) is 4.40. The van der Waals surface area contributed by atoms with Crippen molar-refractivity contribution in [2.45, 2.75) is 57.8 Å². The number of rotatable bonds is 6. The molecule has 0 spiro atoms. The van der Waals surface area contributed by atoms with Crippen molar-refractivity contribution in [3.05, 3.63) is 23.5 Å². The van der Waals surface area contributed by atoms with E-state index in [1.165, 1.54) is 0 Å². The molecule has 0 aromatic carbocycles. The van der Waals surface area contributed by atoms with Gasteiger partial charge in [0.1, 0.15) is 0 Å². The first-order valence-electron chi connectivity index (χ1n) is 8.46. The smallest absolute Gasteiger partial charge is 0.318 e. The molecule has 2 aliphatic rings. The van der Waals surface area contributed by atoms with Crippen molar-refractivity contribution < 1.29 is 4.79 Å². The molecule has 1 aromatic rings. The normalized spacial score (nSPS) is 20.1. The maximum absolute atomic E-state index is 12.5. The number of amides is 2. The first-order chi connectivity index (χ1) is 11.4. The summed E-state index contributed by atoms with van der Waals surface area (Å²) >= 11 is 0. The van der Waals surface area contributed by atoms with Crippen LogP contribution in [-0.2, 0) is 12.1 Å². The number of aromatic amines is 1. The van der Waals surface area contributed by atoms with Crippen LogP contribution in [0.25, 0.3) is 0 Å². The molecule has 1 unspecified atom stereocenters. The molecule has 1 fully saturated rings. The van der Waals surface area contributed by atoms with E-state index in [1.54, 1.807) is 0 Å². The molecule has 1 aliphatic carbocycles. The Labute approximate surface area is 142 Å². The number of hydrogen-bond donors (Lipinski definition) is 5. The minimum absolute atomic E-state index is 0.00172. The molecular formula is C16H27N7O. The van der Waals surface area contributed by atoms with Gasteiger partial charge in [0.25, 0.3) is 0 Å². The lowest BCUT2D eigenvalue weighted by molar-refractivity contribution is 0.142. The van der Waals surface area contributed by atoms with E-state index in [2.05, 4.69) is 26.1 Å². The molecule has 2 amide bonds. The average molecular weight is 333 g/mol. The summed E-state index contributed by atoms with van der Waals surface area (Å²) in [5.74, 6) is 0.796. The van der Waals surface area contributed by atoms with Gasteiger partial charge in [0.15, 0.2) is 5.82 Å². The summed E-state index contributed by atoms with van der Waals surface area (Å²) in [6.07, 6.45) is 5.97. The van der Waals surface area contributed by atoms with Gasteiger partial charge < -0.3 is 26.6 Å². The third kappa shape index (κ3) is 3.19. The van der Waals surface area contributed by atoms with Crippen LogP contribution in [0.5, 0.6) is 0 Å². The second-order valence-corrected chi connectivity index (χ2v) is 7.00. The zero-order chi connectivity index (χ0) is 17.3. The highest BCUT2D eigenvalue weighted by Gasteiger charge is 2.44. The molecule has 8 heteroatoms. The fourth-order valence-corrected chi connectivity index (χ4v) is 2.99. The van der Waals surface area contributed by atoms with Gasteiger partial charge in [-0.15, -0.1) is 0 Å². The monoisotopic (exact) mass is 333 g/mol. The van der Waals surface area contributed by atoms with E-state index >= 15 is 0 Å². The largest absolute Gasteiger partial charge is 0.379 e. The van der Waals surface area contributed by atoms with Crippen LogP contribution in [0.3, 0.4) is 0 Å². The Morgan fingerprint density at radius 1 is 1.54 bits per heavy atom. The van der Waals surface area contributed by atoms with Crippen molar-refractivity contribution in [2.24, 2.45) is 5.73 Å². The standard InChI is InChI=1S/C16H27N7O/c1-10(6-7-18-9-17)19-14-12-8-23(15(24)20-11-4-5-11)16(2,3)13(12)21-22-14/h6-7,10-11,18H,4-5,8-9,17H2,1-3H3,(H,20,24)(H2,19,21,22)/b7-6-. The van der Waals surface area contributed by atoms with Crippen LogP contribution < -0.4 is 21.7 Å². The molecule has 8 nitrogen and oxygen atoms in total. The Hall–Kier alpha value is -2.22. The van der Waals surface area contributed by atoms with Gasteiger partial charge in [-0.25, -0.2) is 4.79 Å². The second-order valence-electron chi connectivity index (χ2n) is 7.00. The molecule has 0 bridgehead atoms. The van der Waals surface area contributed by atoms with Crippen molar-refractivity contribution in [2.75, 3.05) is 12.0 Å². The van der Waals surface area contributed by atoms with Crippen molar-refractivity contribution >= 4 is 11.8 Å². The van der Waals surface area contributed by atoms with Crippen LogP contribution in [0.4, 0.5) is 10.6 Å². The number of carbonyl (C=O) groups excluding carboxylic acids is 1. The minimum atomic E-state index is -0.401. The molecule has 1 atom stereocenters. The molecule has 1 saturated carbocycles. The van der Waals surface area contributed by atoms with Gasteiger partial charge in [0, 0.05) is 17.6 Å². The van der Waals surface area contributed by atoms with E-state index in [1.807, 2.05) is 37.9 Å². The lowest BCUT2D eigenvalue weighted by Gasteiger charge is -2.31. The van der Waals surface area contributed by atoms with Crippen molar-refractivity contribution in [1.29, 1.82) is 0 Å². The lowest BCUT2D eigenvalue weighted by Crippen LogP contribution is -2.47. The summed E-state index contributed by atoms with van der Waals surface area (Å²) in [5.41, 5.74) is 7.04. The van der Waals surface area contributed by atoms with Gasteiger partial charge in [-0.1, -0.05) is 0 Å². The zero-order valence-corrected chi connectivity index (χ0v) is 14.5. The summed E-state index contributed by atoms with van der Waals surface area (Å²) in [6.45, 7) is 7.08. The Morgan fingerprint density at radius 3 is 2.96 bits per heavy atom. The van der Waals surface area contributed by atoms with Gasteiger partial charge in [0.2, 0.25) is 0 Å². The first kappa shape index (κ1) is 16.6. The van der Waals surface area contributed by atoms with E-state index in [0.29, 0.717) is 19.3 Å². The molecule has 6 N–H and O–H groups in total. The number of nitrogens with one attached hydrogen (secondary N) is 4. The van der Waals surface area contributed by atoms with Gasteiger partial charge in [-0.2, -0.15) is 5.10 Å². The van der Waals surface area contributed by atoms with Gasteiger partial charge >= 0.3 is 6.03 Å². The number of H-pyrrole nitrogens is 1. The average Bonchev–Trinajstić information content (AvgIpc) is 3.16. The second kappa shape index (κ2) is 6.35. The number of nitrogens with zero attached hydrogens (tertiary/aromatic N) is 2. The molecule has 24 heavy (non-hydrogen) atoms. The molecule has 132 valence electrons. The summed E-state index contributed by atoms with van der Waals surface area (Å²) in [6, 6.07) is 0.440. The zero-order valence-electron chi connectivity index (χ0n) is 14.5. The Balaban J connectivity index is 1.71. The van der Waals surface area contributed by atoms with Crippen molar-refractivity contribution in [3.63, 3.8) is 0 Å². The highest BCUT2D eigenvalue weighted by Crippen LogP contribution is 2.40. The quantitative estimate of drug-likeness (QED) is 0.502. The Bertz CT molecular complexity index is 632. The number of fused-ring (bicyclic) bond motifs is 1. The van der Waals surface area contributed by atoms with E-state index in [0.717, 1.165) is 29.9 Å². The number of carbonyl (C=O) groups is 1. The molecular weight excluding hydrogens is 306 g/mol. The van der Waals surface area contributed by atoms with Gasteiger partial charge in [-0.05, 0) is 45.9 Å². The van der Waals surface area contributed by atoms with E-state index in [9.17, 15) is 4.79 Å². The maximum atomic E-state index is 12.5. The van der Waals surface area contributed by atoms with Crippen molar-refractivity contribution in [3.8, 4) is 0 Å². The fraction of sp³-hybridized carbons (Fsp3) is 0.625. The molecule has 0 radical (unpaired) electrons. The van der Waals surface area contributed by atoms with Crippen LogP contribution >= 0.6 is 0 Å². The van der Waals surface area contributed by atoms with Crippen LogP contribution in [0.2, 0.25) is 0 Å². The van der Waals surface area contributed by atoms with Crippen LogP contribution in [0, 0.1) is 0 Å². The van der Waals surface area contributed by atoms with E-state index < -0.39 is 5.54 Å². The van der Waals surface area contributed by atoms with Gasteiger partial charge in [-0.3, -0.25) is 5.10 Å². The molecule has 1 aromatic heterocycles. The SMILES string of the molecule is CC(/C=C\NCN)Nc1n[nH]c2c1CN(C(=O)NC1CC1)C2(C)C. The van der Waals surface area contributed by atoms with Crippen LogP contribution in [0.15, 0.2) is 12.3 Å². The molecule has 2 heterocycles. The number of anilines is 1. The fourth-order valence-electron chi connectivity index (χ4n) is 2.99. The Morgan fingerprint density at radius 2 is 2.29 bits per heavy atom. The molecule has 0 saturated heterocycles. The topological polar surface area (TPSA) is 111 Å². The molecule has 3 rings (SSSR count). The highest BCUT2D eigenvalue weighted by atomic mass is 16.2. The summed E-state index contributed by atoms with van der Waals surface area (Å²) in [7, 11) is 0. The third-order valence-corrected chi connectivity index (χ3v) is 4.61. The third-order valence-electron chi connectivity index (χ3n) is 4.61. The lowest BCUT2D eigenvalue weighted by atomic mass is 10.0. The first-order valence-corrected chi connectivity index (χ1v) is 8.46. The summed E-state index contributed by atoms with van der Waals surface area (Å²) in [5, 5.41) is 16.9. The van der Waals surface area contributed by atoms with E-state index in [4.69, 9.17) is 5.73 Å². The van der Waals surface area contributed by atoms with E-state index in [-0.39, 0.29) is 12.1 Å². The summed E-state index contributed by atoms with van der Waals surface area (Å²) in [4.78, 5) is 14.4. The van der Waals surface area contributed by atoms with Crippen molar-refractivity contribution in [1.82, 2.24) is 25.7 Å². The van der Waals surface area contributed by atoms with Crippen LogP contribution in [-0.4, -0.2) is 39.9 Å². The number of nitrogens with two attached hydrogens (primary N) is 1. The number of urea groups is 1. The molecule has 1 aliphatic heterocycles. The predicted molar refractivity (Wildman–Crippen MR) is 93.1 cm³/mol. The van der Waals surface area contributed by atoms with Gasteiger partial charge in [0.05, 0.1) is 24.4 Å².